The fourth-order valence-corrected chi connectivity index (χ4v) is 0.871. The number of aliphatic hydroxyl groups excluding tert-OH is 1. The average molecular weight is 164 g/mol. The van der Waals surface area contributed by atoms with E-state index in [2.05, 4.69) is 0 Å². The lowest BCUT2D eigenvalue weighted by molar-refractivity contribution is 0.245. The Kier molecular flexibility index (Phi) is 2.88. The maximum Gasteiger partial charge on any atom is 0.122 e. The van der Waals surface area contributed by atoms with Crippen molar-refractivity contribution in [3.05, 3.63) is 35.9 Å². The summed E-state index contributed by atoms with van der Waals surface area (Å²) in [6.07, 6.45) is 2.83. The second-order valence-electron chi connectivity index (χ2n) is 2.66. The number of para-hydroxylation sites is 1. The van der Waals surface area contributed by atoms with Gasteiger partial charge in [0.2, 0.25) is 0 Å². The zero-order valence-corrected chi connectivity index (χ0v) is 6.94. The number of phenolic OH excluding ortho intramolecular Hbond substituents is 1. The third-order valence-corrected chi connectivity index (χ3v) is 1.49. The molecule has 0 saturated heterocycles. The first-order valence-corrected chi connectivity index (χ1v) is 3.84. The molecule has 0 heterocycles. The van der Waals surface area contributed by atoms with Gasteiger partial charge in [-0.25, -0.2) is 0 Å². The van der Waals surface area contributed by atoms with Crippen molar-refractivity contribution in [3.8, 4) is 5.75 Å². The Labute approximate surface area is 71.8 Å². The monoisotopic (exact) mass is 164 g/mol. The van der Waals surface area contributed by atoms with E-state index in [1.54, 1.807) is 37.3 Å². The zero-order chi connectivity index (χ0) is 8.97. The number of phenols is 1. The first kappa shape index (κ1) is 8.81. The maximum atomic E-state index is 9.29. The van der Waals surface area contributed by atoms with Crippen LogP contribution in [-0.2, 0) is 0 Å². The van der Waals surface area contributed by atoms with Crippen LogP contribution in [0.15, 0.2) is 30.3 Å². The minimum atomic E-state index is -0.482. The second kappa shape index (κ2) is 3.93. The van der Waals surface area contributed by atoms with Crippen molar-refractivity contribution in [3.63, 3.8) is 0 Å². The van der Waals surface area contributed by atoms with Crippen molar-refractivity contribution in [2.45, 2.75) is 13.0 Å². The molecule has 1 rings (SSSR count). The Morgan fingerprint density at radius 1 is 1.33 bits per heavy atom. The van der Waals surface area contributed by atoms with E-state index in [1.165, 1.54) is 0 Å². The minimum absolute atomic E-state index is 0.231. The molecule has 1 aromatic carbocycles. The molecule has 0 fully saturated rings. The molecule has 1 unspecified atom stereocenters. The highest BCUT2D eigenvalue weighted by molar-refractivity contribution is 5.56. The topological polar surface area (TPSA) is 40.5 Å². The van der Waals surface area contributed by atoms with Gasteiger partial charge in [-0.05, 0) is 13.0 Å². The van der Waals surface area contributed by atoms with Gasteiger partial charge in [0.25, 0.3) is 0 Å². The summed E-state index contributed by atoms with van der Waals surface area (Å²) in [6, 6.07) is 6.99. The molecule has 0 aliphatic rings. The summed E-state index contributed by atoms with van der Waals surface area (Å²) in [5.74, 6) is 0.231. The van der Waals surface area contributed by atoms with Crippen LogP contribution in [0.5, 0.6) is 5.75 Å². The highest BCUT2D eigenvalue weighted by Gasteiger charge is 1.93. The number of hydrogen-bond acceptors (Lipinski definition) is 2. The van der Waals surface area contributed by atoms with Crippen LogP contribution >= 0.6 is 0 Å². The summed E-state index contributed by atoms with van der Waals surface area (Å²) >= 11 is 0. The quantitative estimate of drug-likeness (QED) is 0.699. The molecule has 2 nitrogen and oxygen atoms in total. The van der Waals surface area contributed by atoms with Crippen LogP contribution < -0.4 is 0 Å². The van der Waals surface area contributed by atoms with E-state index in [4.69, 9.17) is 5.11 Å². The van der Waals surface area contributed by atoms with Gasteiger partial charge >= 0.3 is 0 Å². The molecular formula is C10H12O2. The molecule has 0 saturated carbocycles. The van der Waals surface area contributed by atoms with Crippen molar-refractivity contribution in [2.75, 3.05) is 0 Å². The van der Waals surface area contributed by atoms with Crippen LogP contribution in [0.1, 0.15) is 12.5 Å². The first-order valence-electron chi connectivity index (χ1n) is 3.84. The van der Waals surface area contributed by atoms with Gasteiger partial charge in [-0.15, -0.1) is 0 Å². The highest BCUT2D eigenvalue weighted by atomic mass is 16.3. The van der Waals surface area contributed by atoms with Crippen molar-refractivity contribution in [1.82, 2.24) is 0 Å². The van der Waals surface area contributed by atoms with Crippen LogP contribution in [0, 0.1) is 0 Å². The number of rotatable bonds is 2. The molecule has 2 N–H and O–H groups in total. The smallest absolute Gasteiger partial charge is 0.122 e. The molecule has 0 aliphatic carbocycles. The zero-order valence-electron chi connectivity index (χ0n) is 6.94. The molecular weight excluding hydrogens is 152 g/mol. The van der Waals surface area contributed by atoms with Gasteiger partial charge in [0, 0.05) is 5.56 Å². The second-order valence-corrected chi connectivity index (χ2v) is 2.66. The van der Waals surface area contributed by atoms with E-state index in [-0.39, 0.29) is 5.75 Å². The number of aliphatic hydroxyl groups is 1. The van der Waals surface area contributed by atoms with Crippen molar-refractivity contribution in [2.24, 2.45) is 0 Å². The molecule has 64 valence electrons. The SMILES string of the molecule is CC(O)/C=C/c1ccccc1O. The molecule has 0 amide bonds. The fourth-order valence-electron chi connectivity index (χ4n) is 0.871. The Hall–Kier alpha value is -1.28. The maximum absolute atomic E-state index is 9.29. The molecule has 0 bridgehead atoms. The van der Waals surface area contributed by atoms with Gasteiger partial charge in [-0.3, -0.25) is 0 Å². The van der Waals surface area contributed by atoms with E-state index in [0.717, 1.165) is 5.56 Å². The summed E-state index contributed by atoms with van der Waals surface area (Å²) in [7, 11) is 0. The Balaban J connectivity index is 2.82. The predicted octanol–water partition coefficient (Wildman–Crippen LogP) is 1.79. The van der Waals surface area contributed by atoms with Crippen molar-refractivity contribution in [1.29, 1.82) is 0 Å². The van der Waals surface area contributed by atoms with Gasteiger partial charge in [0.1, 0.15) is 5.75 Å². The highest BCUT2D eigenvalue weighted by Crippen LogP contribution is 2.16. The lowest BCUT2D eigenvalue weighted by atomic mass is 10.2. The van der Waals surface area contributed by atoms with Crippen LogP contribution in [0.2, 0.25) is 0 Å². The van der Waals surface area contributed by atoms with Crippen molar-refractivity contribution >= 4 is 6.08 Å². The number of hydrogen-bond donors (Lipinski definition) is 2. The standard InChI is InChI=1S/C10H12O2/c1-8(11)6-7-9-4-2-3-5-10(9)12/h2-8,11-12H,1H3/b7-6+. The number of aromatic hydroxyl groups is 1. The minimum Gasteiger partial charge on any atom is -0.507 e. The van der Waals surface area contributed by atoms with E-state index in [1.807, 2.05) is 6.07 Å². The van der Waals surface area contributed by atoms with E-state index >= 15 is 0 Å². The summed E-state index contributed by atoms with van der Waals surface area (Å²) in [6.45, 7) is 1.66. The summed E-state index contributed by atoms with van der Waals surface area (Å²) in [5.41, 5.74) is 0.721. The molecule has 0 radical (unpaired) electrons. The van der Waals surface area contributed by atoms with Gasteiger partial charge in [0.15, 0.2) is 0 Å². The van der Waals surface area contributed by atoms with Gasteiger partial charge < -0.3 is 10.2 Å². The molecule has 0 aromatic heterocycles. The molecule has 0 aliphatic heterocycles. The summed E-state index contributed by atoms with van der Waals surface area (Å²) < 4.78 is 0. The van der Waals surface area contributed by atoms with E-state index in [0.29, 0.717) is 0 Å². The largest absolute Gasteiger partial charge is 0.507 e. The Bertz CT molecular complexity index is 277. The summed E-state index contributed by atoms with van der Waals surface area (Å²) in [4.78, 5) is 0. The Morgan fingerprint density at radius 3 is 2.58 bits per heavy atom. The van der Waals surface area contributed by atoms with Gasteiger partial charge in [-0.1, -0.05) is 30.4 Å². The van der Waals surface area contributed by atoms with E-state index < -0.39 is 6.10 Å². The predicted molar refractivity (Wildman–Crippen MR) is 48.8 cm³/mol. The first-order chi connectivity index (χ1) is 5.70. The van der Waals surface area contributed by atoms with Crippen LogP contribution in [0.3, 0.4) is 0 Å². The third kappa shape index (κ3) is 2.40. The van der Waals surface area contributed by atoms with Crippen LogP contribution in [-0.4, -0.2) is 16.3 Å². The lowest BCUT2D eigenvalue weighted by Gasteiger charge is -1.97. The van der Waals surface area contributed by atoms with Gasteiger partial charge in [-0.2, -0.15) is 0 Å². The normalized spacial score (nSPS) is 13.5. The molecule has 1 aromatic rings. The van der Waals surface area contributed by atoms with Crippen LogP contribution in [0.25, 0.3) is 6.08 Å². The number of benzene rings is 1. The molecule has 0 spiro atoms. The molecule has 1 atom stereocenters. The average Bonchev–Trinajstić information content (AvgIpc) is 2.03. The van der Waals surface area contributed by atoms with Gasteiger partial charge in [0.05, 0.1) is 6.10 Å². The van der Waals surface area contributed by atoms with Crippen LogP contribution in [0.4, 0.5) is 0 Å². The summed E-state index contributed by atoms with van der Waals surface area (Å²) in [5, 5.41) is 18.2. The fraction of sp³-hybridized carbons (Fsp3) is 0.200. The Morgan fingerprint density at radius 2 is 2.00 bits per heavy atom. The third-order valence-electron chi connectivity index (χ3n) is 1.49. The lowest BCUT2D eigenvalue weighted by Crippen LogP contribution is -1.91. The van der Waals surface area contributed by atoms with E-state index in [9.17, 15) is 5.11 Å². The molecule has 12 heavy (non-hydrogen) atoms. The molecule has 2 heteroatoms. The van der Waals surface area contributed by atoms with Crippen molar-refractivity contribution < 1.29 is 10.2 Å².